The Labute approximate surface area is 104 Å². The number of aromatic nitrogens is 4. The number of benzene rings is 1. The highest BCUT2D eigenvalue weighted by atomic mass is 32.2. The normalized spacial score (nSPS) is 11.6. The van der Waals surface area contributed by atoms with E-state index in [-0.39, 0.29) is 23.8 Å². The van der Waals surface area contributed by atoms with E-state index < -0.39 is 10.0 Å². The number of hydrogen-bond acceptors (Lipinski definition) is 6. The third kappa shape index (κ3) is 2.70. The molecule has 18 heavy (non-hydrogen) atoms. The average molecular weight is 268 g/mol. The first-order valence-corrected chi connectivity index (χ1v) is 6.62. The van der Waals surface area contributed by atoms with Gasteiger partial charge in [0, 0.05) is 6.54 Å². The van der Waals surface area contributed by atoms with Gasteiger partial charge in [0.15, 0.2) is 5.82 Å². The maximum absolute atomic E-state index is 12.1. The first-order valence-electron chi connectivity index (χ1n) is 5.13. The zero-order valence-electron chi connectivity index (χ0n) is 9.37. The molecular weight excluding hydrogens is 256 g/mol. The van der Waals surface area contributed by atoms with Crippen LogP contribution < -0.4 is 10.5 Å². The van der Waals surface area contributed by atoms with Gasteiger partial charge in [-0.05, 0) is 11.6 Å². The SMILES string of the molecule is NCc1ccccc1S(=O)(=O)NCc1nn[nH]n1. The molecule has 1 heterocycles. The molecule has 0 aliphatic heterocycles. The lowest BCUT2D eigenvalue weighted by Crippen LogP contribution is -2.25. The van der Waals surface area contributed by atoms with Gasteiger partial charge in [0.1, 0.15) is 0 Å². The fraction of sp³-hybridized carbons (Fsp3) is 0.222. The van der Waals surface area contributed by atoms with Gasteiger partial charge in [-0.1, -0.05) is 23.4 Å². The summed E-state index contributed by atoms with van der Waals surface area (Å²) < 4.78 is 26.5. The Morgan fingerprint density at radius 3 is 2.78 bits per heavy atom. The van der Waals surface area contributed by atoms with Crippen molar-refractivity contribution in [3.8, 4) is 0 Å². The molecule has 0 aliphatic carbocycles. The first kappa shape index (κ1) is 12.6. The molecule has 0 radical (unpaired) electrons. The Morgan fingerprint density at radius 1 is 1.33 bits per heavy atom. The van der Waals surface area contributed by atoms with E-state index in [1.165, 1.54) is 6.07 Å². The third-order valence-corrected chi connectivity index (χ3v) is 3.79. The number of tetrazole rings is 1. The zero-order chi connectivity index (χ0) is 13.0. The Hall–Kier alpha value is -1.84. The van der Waals surface area contributed by atoms with Crippen LogP contribution in [-0.2, 0) is 23.1 Å². The van der Waals surface area contributed by atoms with E-state index in [4.69, 9.17) is 5.73 Å². The Balaban J connectivity index is 2.20. The van der Waals surface area contributed by atoms with E-state index >= 15 is 0 Å². The summed E-state index contributed by atoms with van der Waals surface area (Å²) in [6.45, 7) is 0.122. The number of nitrogens with zero attached hydrogens (tertiary/aromatic N) is 3. The maximum Gasteiger partial charge on any atom is 0.241 e. The maximum atomic E-state index is 12.1. The lowest BCUT2D eigenvalue weighted by atomic mass is 10.2. The molecule has 0 saturated heterocycles. The molecule has 0 spiro atoms. The largest absolute Gasteiger partial charge is 0.326 e. The van der Waals surface area contributed by atoms with Crippen molar-refractivity contribution >= 4 is 10.0 Å². The second-order valence-electron chi connectivity index (χ2n) is 3.46. The van der Waals surface area contributed by atoms with Crippen molar-refractivity contribution in [1.29, 1.82) is 0 Å². The molecule has 0 saturated carbocycles. The minimum Gasteiger partial charge on any atom is -0.326 e. The van der Waals surface area contributed by atoms with Crippen molar-refractivity contribution in [2.45, 2.75) is 18.0 Å². The molecule has 0 unspecified atom stereocenters. The highest BCUT2D eigenvalue weighted by Gasteiger charge is 2.17. The molecule has 0 fully saturated rings. The second-order valence-corrected chi connectivity index (χ2v) is 5.20. The van der Waals surface area contributed by atoms with Crippen LogP contribution in [-0.4, -0.2) is 29.0 Å². The van der Waals surface area contributed by atoms with E-state index in [2.05, 4.69) is 25.3 Å². The summed E-state index contributed by atoms with van der Waals surface area (Å²) in [5.41, 5.74) is 6.06. The van der Waals surface area contributed by atoms with Gasteiger partial charge in [-0.2, -0.15) is 5.21 Å². The highest BCUT2D eigenvalue weighted by Crippen LogP contribution is 2.14. The van der Waals surface area contributed by atoms with Gasteiger partial charge in [-0.25, -0.2) is 13.1 Å². The molecule has 4 N–H and O–H groups in total. The quantitative estimate of drug-likeness (QED) is 0.647. The molecule has 2 rings (SSSR count). The monoisotopic (exact) mass is 268 g/mol. The van der Waals surface area contributed by atoms with Crippen LogP contribution in [0.2, 0.25) is 0 Å². The van der Waals surface area contributed by atoms with Gasteiger partial charge in [0.25, 0.3) is 0 Å². The van der Waals surface area contributed by atoms with E-state index in [1.54, 1.807) is 18.2 Å². The van der Waals surface area contributed by atoms with Crippen molar-refractivity contribution in [2.75, 3.05) is 0 Å². The van der Waals surface area contributed by atoms with Crippen LogP contribution in [0.15, 0.2) is 29.2 Å². The number of rotatable bonds is 5. The molecule has 8 nitrogen and oxygen atoms in total. The van der Waals surface area contributed by atoms with Crippen LogP contribution in [0.3, 0.4) is 0 Å². The number of hydrogen-bond donors (Lipinski definition) is 3. The molecule has 96 valence electrons. The molecule has 9 heteroatoms. The number of nitrogens with one attached hydrogen (secondary N) is 2. The Kier molecular flexibility index (Phi) is 3.65. The summed E-state index contributed by atoms with van der Waals surface area (Å²) >= 11 is 0. The van der Waals surface area contributed by atoms with Crippen LogP contribution in [0.5, 0.6) is 0 Å². The molecule has 0 bridgehead atoms. The van der Waals surface area contributed by atoms with Gasteiger partial charge >= 0.3 is 0 Å². The third-order valence-electron chi connectivity index (χ3n) is 2.29. The van der Waals surface area contributed by atoms with E-state index in [0.29, 0.717) is 5.56 Å². The molecule has 1 aromatic heterocycles. The lowest BCUT2D eigenvalue weighted by molar-refractivity contribution is 0.578. The molecule has 1 aromatic carbocycles. The van der Waals surface area contributed by atoms with Crippen LogP contribution >= 0.6 is 0 Å². The summed E-state index contributed by atoms with van der Waals surface area (Å²) in [6, 6.07) is 6.55. The summed E-state index contributed by atoms with van der Waals surface area (Å²) in [5, 5.41) is 12.9. The van der Waals surface area contributed by atoms with Gasteiger partial charge in [-0.3, -0.25) is 0 Å². The van der Waals surface area contributed by atoms with Crippen LogP contribution in [0, 0.1) is 0 Å². The first-order chi connectivity index (χ1) is 8.63. The number of H-pyrrole nitrogens is 1. The molecular formula is C9H12N6O2S. The predicted octanol–water partition coefficient (Wildman–Crippen LogP) is -0.863. The van der Waals surface area contributed by atoms with Gasteiger partial charge < -0.3 is 5.73 Å². The average Bonchev–Trinajstić information content (AvgIpc) is 2.89. The Morgan fingerprint density at radius 2 is 2.11 bits per heavy atom. The number of aromatic amines is 1. The number of sulfonamides is 1. The fourth-order valence-electron chi connectivity index (χ4n) is 1.43. The standard InChI is InChI=1S/C9H12N6O2S/c10-5-7-3-1-2-4-8(7)18(16,17)11-6-9-12-14-15-13-9/h1-4,11H,5-6,10H2,(H,12,13,14,15). The summed E-state index contributed by atoms with van der Waals surface area (Å²) in [4.78, 5) is 0.163. The van der Waals surface area contributed by atoms with E-state index in [9.17, 15) is 8.42 Å². The summed E-state index contributed by atoms with van der Waals surface area (Å²) in [5.74, 6) is 0.267. The lowest BCUT2D eigenvalue weighted by Gasteiger charge is -2.08. The van der Waals surface area contributed by atoms with Gasteiger partial charge in [0.2, 0.25) is 10.0 Å². The topological polar surface area (TPSA) is 127 Å². The van der Waals surface area contributed by atoms with Crippen molar-refractivity contribution in [3.63, 3.8) is 0 Å². The van der Waals surface area contributed by atoms with Gasteiger partial charge in [-0.15, -0.1) is 10.2 Å². The summed E-state index contributed by atoms with van der Waals surface area (Å²) in [7, 11) is -3.63. The van der Waals surface area contributed by atoms with Crippen molar-refractivity contribution in [1.82, 2.24) is 25.3 Å². The summed E-state index contributed by atoms with van der Waals surface area (Å²) in [6.07, 6.45) is 0. The molecule has 0 aliphatic rings. The van der Waals surface area contributed by atoms with Crippen molar-refractivity contribution < 1.29 is 8.42 Å². The Bertz CT molecular complexity index is 610. The fourth-order valence-corrected chi connectivity index (χ4v) is 2.66. The minimum atomic E-state index is -3.63. The number of nitrogens with two attached hydrogens (primary N) is 1. The van der Waals surface area contributed by atoms with Crippen LogP contribution in [0.25, 0.3) is 0 Å². The predicted molar refractivity (Wildman–Crippen MR) is 62.5 cm³/mol. The zero-order valence-corrected chi connectivity index (χ0v) is 10.2. The van der Waals surface area contributed by atoms with E-state index in [1.807, 2.05) is 0 Å². The van der Waals surface area contributed by atoms with E-state index in [0.717, 1.165) is 0 Å². The molecule has 0 amide bonds. The van der Waals surface area contributed by atoms with Crippen LogP contribution in [0.1, 0.15) is 11.4 Å². The van der Waals surface area contributed by atoms with Crippen LogP contribution in [0.4, 0.5) is 0 Å². The van der Waals surface area contributed by atoms with Crippen molar-refractivity contribution in [3.05, 3.63) is 35.7 Å². The second kappa shape index (κ2) is 5.21. The highest BCUT2D eigenvalue weighted by molar-refractivity contribution is 7.89. The molecule has 0 atom stereocenters. The van der Waals surface area contributed by atoms with Crippen molar-refractivity contribution in [2.24, 2.45) is 5.73 Å². The smallest absolute Gasteiger partial charge is 0.241 e. The van der Waals surface area contributed by atoms with Gasteiger partial charge in [0.05, 0.1) is 11.4 Å². The minimum absolute atomic E-state index is 0.0300. The molecule has 2 aromatic rings.